The maximum Gasteiger partial charge on any atom is 0.253 e. The molecule has 3 atom stereocenters. The number of alkyl halides is 2. The minimum atomic E-state index is -2.23. The molecule has 0 aromatic carbocycles. The van der Waals surface area contributed by atoms with Gasteiger partial charge in [0, 0.05) is 6.04 Å². The van der Waals surface area contributed by atoms with Crippen LogP contribution < -0.4 is 5.32 Å². The number of hydrogen-bond donors (Lipinski definition) is 1. The molecule has 0 spiro atoms. The van der Waals surface area contributed by atoms with E-state index in [4.69, 9.17) is 0 Å². The number of rotatable bonds is 4. The van der Waals surface area contributed by atoms with Crippen molar-refractivity contribution < 1.29 is 8.78 Å². The third kappa shape index (κ3) is 2.40. The minimum Gasteiger partial charge on any atom is -0.306 e. The van der Waals surface area contributed by atoms with Crippen molar-refractivity contribution >= 4 is 0 Å². The molecule has 0 bridgehead atoms. The van der Waals surface area contributed by atoms with Crippen LogP contribution in [0.25, 0.3) is 0 Å². The molecule has 3 heteroatoms. The van der Waals surface area contributed by atoms with Crippen LogP contribution in [0.2, 0.25) is 0 Å². The molecule has 66 valence electrons. The normalized spacial score (nSPS) is 32.5. The lowest BCUT2D eigenvalue weighted by atomic mass is 10.3. The summed E-state index contributed by atoms with van der Waals surface area (Å²) in [4.78, 5) is 0. The second-order valence-electron chi connectivity index (χ2n) is 3.30. The molecule has 0 radical (unpaired) electrons. The van der Waals surface area contributed by atoms with Crippen LogP contribution in [0.5, 0.6) is 0 Å². The van der Waals surface area contributed by atoms with Crippen LogP contribution in [0.1, 0.15) is 26.7 Å². The molecule has 1 nitrogen and oxygen atoms in total. The van der Waals surface area contributed by atoms with E-state index in [1.807, 2.05) is 0 Å². The third-order valence-corrected chi connectivity index (χ3v) is 2.30. The fraction of sp³-hybridized carbons (Fsp3) is 1.00. The molecule has 0 aliphatic heterocycles. The lowest BCUT2D eigenvalue weighted by molar-refractivity contribution is 0.104. The zero-order valence-corrected chi connectivity index (χ0v) is 6.98. The first-order valence-corrected chi connectivity index (χ1v) is 4.19. The van der Waals surface area contributed by atoms with E-state index >= 15 is 0 Å². The van der Waals surface area contributed by atoms with E-state index < -0.39 is 12.5 Å². The molecule has 0 heterocycles. The molecule has 1 aliphatic rings. The highest BCUT2D eigenvalue weighted by Gasteiger charge is 2.36. The van der Waals surface area contributed by atoms with Crippen LogP contribution in [0.4, 0.5) is 8.78 Å². The van der Waals surface area contributed by atoms with Crippen LogP contribution in [0.15, 0.2) is 0 Å². The van der Waals surface area contributed by atoms with Crippen LogP contribution in [0.3, 0.4) is 0 Å². The second kappa shape index (κ2) is 3.48. The largest absolute Gasteiger partial charge is 0.306 e. The van der Waals surface area contributed by atoms with Crippen LogP contribution >= 0.6 is 0 Å². The Morgan fingerprint density at radius 3 is 2.55 bits per heavy atom. The second-order valence-corrected chi connectivity index (χ2v) is 3.30. The Hall–Kier alpha value is -0.180. The fourth-order valence-electron chi connectivity index (χ4n) is 1.31. The molecule has 1 N–H and O–H groups in total. The van der Waals surface area contributed by atoms with Crippen molar-refractivity contribution in [2.24, 2.45) is 5.92 Å². The zero-order chi connectivity index (χ0) is 8.43. The van der Waals surface area contributed by atoms with Crippen LogP contribution in [-0.4, -0.2) is 18.5 Å². The molecule has 1 saturated carbocycles. The van der Waals surface area contributed by atoms with Gasteiger partial charge in [0.05, 0.1) is 6.04 Å². The summed E-state index contributed by atoms with van der Waals surface area (Å²) in [6.45, 7) is 3.63. The summed E-state index contributed by atoms with van der Waals surface area (Å²) >= 11 is 0. The molecular weight excluding hydrogens is 148 g/mol. The van der Waals surface area contributed by atoms with Gasteiger partial charge in [-0.1, -0.05) is 13.3 Å². The predicted octanol–water partition coefficient (Wildman–Crippen LogP) is 2.03. The average molecular weight is 163 g/mol. The molecule has 0 saturated heterocycles. The summed E-state index contributed by atoms with van der Waals surface area (Å²) in [6, 6.07) is -0.277. The predicted molar refractivity (Wildman–Crippen MR) is 40.8 cm³/mol. The van der Waals surface area contributed by atoms with Crippen molar-refractivity contribution in [2.45, 2.75) is 45.2 Å². The highest BCUT2D eigenvalue weighted by atomic mass is 19.3. The van der Waals surface area contributed by atoms with Gasteiger partial charge in [-0.3, -0.25) is 0 Å². The van der Waals surface area contributed by atoms with Gasteiger partial charge in [0.25, 0.3) is 6.43 Å². The fourth-order valence-corrected chi connectivity index (χ4v) is 1.31. The Balaban J connectivity index is 2.13. The van der Waals surface area contributed by atoms with Gasteiger partial charge in [-0.05, 0) is 19.3 Å². The Morgan fingerprint density at radius 1 is 1.55 bits per heavy atom. The maximum atomic E-state index is 12.0. The Morgan fingerprint density at radius 2 is 2.18 bits per heavy atom. The van der Waals surface area contributed by atoms with E-state index in [-0.39, 0.29) is 0 Å². The lowest BCUT2D eigenvalue weighted by Gasteiger charge is -2.11. The number of halogens is 2. The standard InChI is InChI=1S/C8H15F2N/c1-3-6-4-7(6)11-5(2)8(9)10/h5-8,11H,3-4H2,1-2H3. The lowest BCUT2D eigenvalue weighted by Crippen LogP contribution is -2.34. The smallest absolute Gasteiger partial charge is 0.253 e. The van der Waals surface area contributed by atoms with Gasteiger partial charge in [0.2, 0.25) is 0 Å². The molecular formula is C8H15F2N. The monoisotopic (exact) mass is 163 g/mol. The van der Waals surface area contributed by atoms with E-state index in [2.05, 4.69) is 12.2 Å². The number of nitrogens with one attached hydrogen (secondary N) is 1. The molecule has 1 aliphatic carbocycles. The van der Waals surface area contributed by atoms with Gasteiger partial charge < -0.3 is 5.32 Å². The summed E-state index contributed by atoms with van der Waals surface area (Å²) in [5.74, 6) is 0.649. The first-order valence-electron chi connectivity index (χ1n) is 4.19. The molecule has 0 aromatic rings. The molecule has 0 aromatic heterocycles. The topological polar surface area (TPSA) is 12.0 Å². The van der Waals surface area contributed by atoms with Crippen molar-refractivity contribution in [3.8, 4) is 0 Å². The van der Waals surface area contributed by atoms with Crippen LogP contribution in [-0.2, 0) is 0 Å². The SMILES string of the molecule is CCC1CC1NC(C)C(F)F. The van der Waals surface area contributed by atoms with Crippen molar-refractivity contribution in [2.75, 3.05) is 0 Å². The summed E-state index contributed by atoms with van der Waals surface area (Å²) in [7, 11) is 0. The van der Waals surface area contributed by atoms with Gasteiger partial charge in [-0.15, -0.1) is 0 Å². The van der Waals surface area contributed by atoms with E-state index in [1.54, 1.807) is 0 Å². The summed E-state index contributed by atoms with van der Waals surface area (Å²) in [5, 5.41) is 2.90. The van der Waals surface area contributed by atoms with Gasteiger partial charge in [0.15, 0.2) is 0 Å². The highest BCUT2D eigenvalue weighted by molar-refractivity contribution is 4.93. The van der Waals surface area contributed by atoms with E-state index in [0.29, 0.717) is 12.0 Å². The van der Waals surface area contributed by atoms with Crippen LogP contribution in [0, 0.1) is 5.92 Å². The molecule has 1 fully saturated rings. The average Bonchev–Trinajstić information content (AvgIpc) is 2.67. The molecule has 0 amide bonds. The summed E-state index contributed by atoms with van der Waals surface area (Å²) in [5.41, 5.74) is 0. The van der Waals surface area contributed by atoms with E-state index in [0.717, 1.165) is 12.8 Å². The summed E-state index contributed by atoms with van der Waals surface area (Å²) < 4.78 is 24.0. The summed E-state index contributed by atoms with van der Waals surface area (Å²) in [6.07, 6.45) is -0.0469. The Labute approximate surface area is 66.2 Å². The van der Waals surface area contributed by atoms with Gasteiger partial charge >= 0.3 is 0 Å². The van der Waals surface area contributed by atoms with E-state index in [9.17, 15) is 8.78 Å². The first-order chi connectivity index (χ1) is 5.15. The Bertz CT molecular complexity index is 127. The molecule has 1 rings (SSSR count). The third-order valence-electron chi connectivity index (χ3n) is 2.30. The zero-order valence-electron chi connectivity index (χ0n) is 6.98. The maximum absolute atomic E-state index is 12.0. The molecule has 3 unspecified atom stereocenters. The number of hydrogen-bond acceptors (Lipinski definition) is 1. The van der Waals surface area contributed by atoms with Crippen molar-refractivity contribution in [1.29, 1.82) is 0 Å². The van der Waals surface area contributed by atoms with Crippen molar-refractivity contribution in [3.05, 3.63) is 0 Å². The first kappa shape index (κ1) is 8.91. The van der Waals surface area contributed by atoms with Gasteiger partial charge in [-0.2, -0.15) is 0 Å². The Kier molecular flexibility index (Phi) is 2.82. The quantitative estimate of drug-likeness (QED) is 0.668. The molecule has 11 heavy (non-hydrogen) atoms. The minimum absolute atomic E-state index is 0.365. The van der Waals surface area contributed by atoms with Gasteiger partial charge in [-0.25, -0.2) is 8.78 Å². The van der Waals surface area contributed by atoms with Crippen molar-refractivity contribution in [1.82, 2.24) is 5.32 Å². The van der Waals surface area contributed by atoms with Crippen molar-refractivity contribution in [3.63, 3.8) is 0 Å². The van der Waals surface area contributed by atoms with E-state index in [1.165, 1.54) is 6.92 Å². The van der Waals surface area contributed by atoms with Gasteiger partial charge in [0.1, 0.15) is 0 Å². The highest BCUT2D eigenvalue weighted by Crippen LogP contribution is 2.33.